The number of hydrogen-bond acceptors (Lipinski definition) is 2. The molecule has 2 N–H and O–H groups in total. The summed E-state index contributed by atoms with van der Waals surface area (Å²) in [5.41, 5.74) is 0. The Balaban J connectivity index is 2.12. The van der Waals surface area contributed by atoms with Crippen LogP contribution in [0, 0.1) is 5.92 Å². The third-order valence-corrected chi connectivity index (χ3v) is 2.79. The molecule has 1 atom stereocenters. The minimum Gasteiger partial charge on any atom is -0.336 e. The van der Waals surface area contributed by atoms with Crippen LogP contribution >= 0.6 is 0 Å². The summed E-state index contributed by atoms with van der Waals surface area (Å²) >= 11 is 0. The van der Waals surface area contributed by atoms with Crippen LogP contribution in [-0.2, 0) is 0 Å². The highest BCUT2D eigenvalue weighted by atomic mass is 16.2. The number of rotatable bonds is 5. The third kappa shape index (κ3) is 3.18. The van der Waals surface area contributed by atoms with Crippen molar-refractivity contribution in [3.05, 3.63) is 0 Å². The lowest BCUT2D eigenvalue weighted by Crippen LogP contribution is -2.39. The molecule has 0 aromatic carbocycles. The van der Waals surface area contributed by atoms with Crippen LogP contribution < -0.4 is 10.6 Å². The molecule has 4 heteroatoms. The maximum Gasteiger partial charge on any atom is 0.317 e. The number of urea groups is 1. The van der Waals surface area contributed by atoms with Crippen molar-refractivity contribution < 1.29 is 4.79 Å². The predicted molar refractivity (Wildman–Crippen MR) is 57.3 cm³/mol. The zero-order chi connectivity index (χ0) is 10.6. The van der Waals surface area contributed by atoms with Crippen LogP contribution in [0.15, 0.2) is 0 Å². The van der Waals surface area contributed by atoms with Crippen LogP contribution in [0.1, 0.15) is 20.8 Å². The van der Waals surface area contributed by atoms with Gasteiger partial charge in [-0.3, -0.25) is 0 Å². The summed E-state index contributed by atoms with van der Waals surface area (Å²) in [6.07, 6.45) is 0. The Bertz CT molecular complexity index is 194. The maximum absolute atomic E-state index is 11.2. The average molecular weight is 199 g/mol. The Morgan fingerprint density at radius 2 is 2.21 bits per heavy atom. The monoisotopic (exact) mass is 199 g/mol. The van der Waals surface area contributed by atoms with E-state index in [-0.39, 0.29) is 6.03 Å². The minimum atomic E-state index is 0.0731. The average Bonchev–Trinajstić information content (AvgIpc) is 2.51. The van der Waals surface area contributed by atoms with Crippen molar-refractivity contribution in [1.29, 1.82) is 0 Å². The Morgan fingerprint density at radius 3 is 2.71 bits per heavy atom. The first-order valence-corrected chi connectivity index (χ1v) is 5.37. The summed E-state index contributed by atoms with van der Waals surface area (Å²) in [5, 5.41) is 6.20. The molecule has 0 bridgehead atoms. The quantitative estimate of drug-likeness (QED) is 0.682. The zero-order valence-corrected chi connectivity index (χ0v) is 9.34. The predicted octanol–water partition coefficient (Wildman–Crippen LogP) is 0.646. The van der Waals surface area contributed by atoms with Crippen molar-refractivity contribution in [2.75, 3.05) is 26.2 Å². The van der Waals surface area contributed by atoms with Crippen LogP contribution in [0.4, 0.5) is 4.79 Å². The Labute approximate surface area is 86.0 Å². The second kappa shape index (κ2) is 5.20. The van der Waals surface area contributed by atoms with Gasteiger partial charge in [0.05, 0.1) is 0 Å². The van der Waals surface area contributed by atoms with Crippen LogP contribution in [0.5, 0.6) is 0 Å². The van der Waals surface area contributed by atoms with E-state index in [9.17, 15) is 4.79 Å². The van der Waals surface area contributed by atoms with Crippen molar-refractivity contribution in [1.82, 2.24) is 15.5 Å². The highest BCUT2D eigenvalue weighted by Gasteiger charge is 2.18. The summed E-state index contributed by atoms with van der Waals surface area (Å²) < 4.78 is 0. The largest absolute Gasteiger partial charge is 0.336 e. The first-order valence-electron chi connectivity index (χ1n) is 5.37. The van der Waals surface area contributed by atoms with Crippen LogP contribution in [0.25, 0.3) is 0 Å². The molecule has 0 aliphatic carbocycles. The molecule has 0 aromatic rings. The number of nitrogens with zero attached hydrogens (tertiary/aromatic N) is 1. The summed E-state index contributed by atoms with van der Waals surface area (Å²) in [6.45, 7) is 9.89. The van der Waals surface area contributed by atoms with Gasteiger partial charge in [-0.05, 0) is 12.8 Å². The van der Waals surface area contributed by atoms with Gasteiger partial charge in [0.2, 0.25) is 0 Å². The summed E-state index contributed by atoms with van der Waals surface area (Å²) in [5.74, 6) is 0.641. The van der Waals surface area contributed by atoms with E-state index in [0.717, 1.165) is 26.2 Å². The Hall–Kier alpha value is -0.770. The Kier molecular flexibility index (Phi) is 4.20. The molecule has 0 aromatic heterocycles. The van der Waals surface area contributed by atoms with Gasteiger partial charge in [0.25, 0.3) is 0 Å². The van der Waals surface area contributed by atoms with Gasteiger partial charge >= 0.3 is 6.03 Å². The highest BCUT2D eigenvalue weighted by Crippen LogP contribution is 2.00. The molecule has 4 nitrogen and oxygen atoms in total. The van der Waals surface area contributed by atoms with E-state index in [1.807, 2.05) is 4.90 Å². The lowest BCUT2D eigenvalue weighted by atomic mass is 10.1. The summed E-state index contributed by atoms with van der Waals surface area (Å²) in [4.78, 5) is 13.0. The molecule has 1 aliphatic rings. The first kappa shape index (κ1) is 11.3. The SMILES string of the molecule is CC(C)C(C)NCCN1CCNC1=O. The minimum absolute atomic E-state index is 0.0731. The molecule has 82 valence electrons. The van der Waals surface area contributed by atoms with Gasteiger partial charge in [0, 0.05) is 32.2 Å². The Morgan fingerprint density at radius 1 is 1.50 bits per heavy atom. The molecule has 0 spiro atoms. The van der Waals surface area contributed by atoms with E-state index < -0.39 is 0 Å². The van der Waals surface area contributed by atoms with E-state index in [0.29, 0.717) is 12.0 Å². The third-order valence-electron chi connectivity index (χ3n) is 2.79. The fourth-order valence-electron chi connectivity index (χ4n) is 1.39. The van der Waals surface area contributed by atoms with E-state index >= 15 is 0 Å². The molecule has 1 saturated heterocycles. The molecule has 1 aliphatic heterocycles. The smallest absolute Gasteiger partial charge is 0.317 e. The lowest BCUT2D eigenvalue weighted by molar-refractivity contribution is 0.216. The van der Waals surface area contributed by atoms with Crippen molar-refractivity contribution in [3.8, 4) is 0 Å². The second-order valence-electron chi connectivity index (χ2n) is 4.21. The van der Waals surface area contributed by atoms with Crippen molar-refractivity contribution in [3.63, 3.8) is 0 Å². The van der Waals surface area contributed by atoms with Gasteiger partial charge < -0.3 is 15.5 Å². The topological polar surface area (TPSA) is 44.4 Å². The second-order valence-corrected chi connectivity index (χ2v) is 4.21. The number of carbonyl (C=O) groups is 1. The number of carbonyl (C=O) groups excluding carboxylic acids is 1. The number of nitrogens with one attached hydrogen (secondary N) is 2. The fraction of sp³-hybridized carbons (Fsp3) is 0.900. The number of amides is 2. The molecule has 0 radical (unpaired) electrons. The molecule has 0 saturated carbocycles. The molecule has 14 heavy (non-hydrogen) atoms. The summed E-state index contributed by atoms with van der Waals surface area (Å²) in [6, 6.07) is 0.588. The molecular formula is C10H21N3O. The van der Waals surface area contributed by atoms with Crippen LogP contribution in [-0.4, -0.2) is 43.2 Å². The molecule has 1 rings (SSSR count). The van der Waals surface area contributed by atoms with Gasteiger partial charge in [-0.1, -0.05) is 13.8 Å². The van der Waals surface area contributed by atoms with E-state index in [1.165, 1.54) is 0 Å². The van der Waals surface area contributed by atoms with Gasteiger partial charge in [-0.2, -0.15) is 0 Å². The molecule has 2 amide bonds. The first-order chi connectivity index (χ1) is 6.61. The van der Waals surface area contributed by atoms with Gasteiger partial charge in [0.1, 0.15) is 0 Å². The van der Waals surface area contributed by atoms with E-state index in [2.05, 4.69) is 31.4 Å². The molecular weight excluding hydrogens is 178 g/mol. The van der Waals surface area contributed by atoms with E-state index in [1.54, 1.807) is 0 Å². The highest BCUT2D eigenvalue weighted by molar-refractivity contribution is 5.76. The van der Waals surface area contributed by atoms with Crippen LogP contribution in [0.3, 0.4) is 0 Å². The van der Waals surface area contributed by atoms with Crippen molar-refractivity contribution >= 4 is 6.03 Å². The zero-order valence-electron chi connectivity index (χ0n) is 9.34. The number of hydrogen-bond donors (Lipinski definition) is 2. The van der Waals surface area contributed by atoms with E-state index in [4.69, 9.17) is 0 Å². The van der Waals surface area contributed by atoms with Gasteiger partial charge in [0.15, 0.2) is 0 Å². The normalized spacial score (nSPS) is 18.9. The fourth-order valence-corrected chi connectivity index (χ4v) is 1.39. The standard InChI is InChI=1S/C10H21N3O/c1-8(2)9(3)11-4-6-13-7-5-12-10(13)14/h8-9,11H,4-7H2,1-3H3,(H,12,14). The molecule has 1 heterocycles. The van der Waals surface area contributed by atoms with Gasteiger partial charge in [-0.25, -0.2) is 4.79 Å². The van der Waals surface area contributed by atoms with Crippen molar-refractivity contribution in [2.45, 2.75) is 26.8 Å². The maximum atomic E-state index is 11.2. The molecule has 1 unspecified atom stereocenters. The van der Waals surface area contributed by atoms with Gasteiger partial charge in [-0.15, -0.1) is 0 Å². The molecule has 1 fully saturated rings. The summed E-state index contributed by atoms with van der Waals surface area (Å²) in [7, 11) is 0. The van der Waals surface area contributed by atoms with Crippen molar-refractivity contribution in [2.24, 2.45) is 5.92 Å². The lowest BCUT2D eigenvalue weighted by Gasteiger charge is -2.20. The van der Waals surface area contributed by atoms with Crippen LogP contribution in [0.2, 0.25) is 0 Å².